The van der Waals surface area contributed by atoms with Gasteiger partial charge in [-0.2, -0.15) is 0 Å². The highest BCUT2D eigenvalue weighted by Crippen LogP contribution is 2.19. The van der Waals surface area contributed by atoms with Crippen LogP contribution >= 0.6 is 0 Å². The molecule has 2 aromatic rings. The van der Waals surface area contributed by atoms with Crippen LogP contribution in [0, 0.1) is 0 Å². The standard InChI is InChI=1S/C14H21N3/c1-3-5-6-11(15)14-16-12-8-7-10(4-2)9-13(12)17-14/h7-9,11H,3-6,15H2,1-2H3,(H,16,17). The Morgan fingerprint density at radius 3 is 2.88 bits per heavy atom. The molecule has 1 heterocycles. The summed E-state index contributed by atoms with van der Waals surface area (Å²) in [5.41, 5.74) is 9.57. The molecule has 17 heavy (non-hydrogen) atoms. The van der Waals surface area contributed by atoms with E-state index in [0.717, 1.165) is 36.1 Å². The van der Waals surface area contributed by atoms with Gasteiger partial charge in [0, 0.05) is 0 Å². The third kappa shape index (κ3) is 2.67. The Hall–Kier alpha value is -1.35. The van der Waals surface area contributed by atoms with Crippen molar-refractivity contribution in [3.63, 3.8) is 0 Å². The Morgan fingerprint density at radius 2 is 2.18 bits per heavy atom. The van der Waals surface area contributed by atoms with Gasteiger partial charge in [0.15, 0.2) is 0 Å². The molecule has 3 nitrogen and oxygen atoms in total. The molecule has 1 aromatic heterocycles. The van der Waals surface area contributed by atoms with Crippen LogP contribution in [-0.2, 0) is 6.42 Å². The fraction of sp³-hybridized carbons (Fsp3) is 0.500. The van der Waals surface area contributed by atoms with E-state index in [1.807, 2.05) is 0 Å². The monoisotopic (exact) mass is 231 g/mol. The highest BCUT2D eigenvalue weighted by atomic mass is 15.0. The van der Waals surface area contributed by atoms with E-state index >= 15 is 0 Å². The molecule has 0 fully saturated rings. The van der Waals surface area contributed by atoms with Gasteiger partial charge in [-0.3, -0.25) is 0 Å². The van der Waals surface area contributed by atoms with Crippen molar-refractivity contribution in [2.24, 2.45) is 5.73 Å². The van der Waals surface area contributed by atoms with E-state index in [2.05, 4.69) is 42.0 Å². The molecular weight excluding hydrogens is 210 g/mol. The molecule has 0 saturated heterocycles. The second-order valence-corrected chi connectivity index (χ2v) is 4.58. The Kier molecular flexibility index (Phi) is 3.79. The van der Waals surface area contributed by atoms with Crippen molar-refractivity contribution in [3.05, 3.63) is 29.6 Å². The summed E-state index contributed by atoms with van der Waals surface area (Å²) in [6.45, 7) is 4.34. The van der Waals surface area contributed by atoms with E-state index in [1.54, 1.807) is 0 Å². The maximum absolute atomic E-state index is 6.12. The lowest BCUT2D eigenvalue weighted by atomic mass is 10.1. The van der Waals surface area contributed by atoms with Crippen LogP contribution in [0.25, 0.3) is 11.0 Å². The number of unbranched alkanes of at least 4 members (excludes halogenated alkanes) is 1. The molecule has 1 unspecified atom stereocenters. The molecule has 0 aliphatic heterocycles. The number of nitrogens with one attached hydrogen (secondary N) is 1. The van der Waals surface area contributed by atoms with Crippen LogP contribution in [0.4, 0.5) is 0 Å². The molecule has 0 aliphatic rings. The zero-order valence-electron chi connectivity index (χ0n) is 10.7. The highest BCUT2D eigenvalue weighted by Gasteiger charge is 2.10. The van der Waals surface area contributed by atoms with E-state index < -0.39 is 0 Å². The number of hydrogen-bond donors (Lipinski definition) is 2. The molecule has 92 valence electrons. The van der Waals surface area contributed by atoms with E-state index in [4.69, 9.17) is 5.73 Å². The first-order chi connectivity index (χ1) is 8.24. The Balaban J connectivity index is 2.24. The number of nitrogens with two attached hydrogens (primary N) is 1. The first-order valence-electron chi connectivity index (χ1n) is 6.48. The largest absolute Gasteiger partial charge is 0.341 e. The summed E-state index contributed by atoms with van der Waals surface area (Å²) in [5, 5.41) is 0. The van der Waals surface area contributed by atoms with Crippen LogP contribution in [0.3, 0.4) is 0 Å². The van der Waals surface area contributed by atoms with Gasteiger partial charge in [-0.05, 0) is 30.5 Å². The number of rotatable bonds is 5. The number of fused-ring (bicyclic) bond motifs is 1. The zero-order chi connectivity index (χ0) is 12.3. The van der Waals surface area contributed by atoms with Gasteiger partial charge in [-0.25, -0.2) is 4.98 Å². The van der Waals surface area contributed by atoms with E-state index in [-0.39, 0.29) is 6.04 Å². The van der Waals surface area contributed by atoms with Gasteiger partial charge in [-0.1, -0.05) is 32.8 Å². The van der Waals surface area contributed by atoms with Crippen LogP contribution in [0.2, 0.25) is 0 Å². The lowest BCUT2D eigenvalue weighted by Crippen LogP contribution is -2.11. The maximum atomic E-state index is 6.12. The van der Waals surface area contributed by atoms with Crippen LogP contribution < -0.4 is 5.73 Å². The lowest BCUT2D eigenvalue weighted by molar-refractivity contribution is 0.581. The second kappa shape index (κ2) is 5.32. The first kappa shape index (κ1) is 12.1. The molecule has 3 heteroatoms. The molecule has 0 amide bonds. The Morgan fingerprint density at radius 1 is 1.35 bits per heavy atom. The first-order valence-corrected chi connectivity index (χ1v) is 6.48. The summed E-state index contributed by atoms with van der Waals surface area (Å²) in [6.07, 6.45) is 4.37. The number of nitrogens with zero attached hydrogens (tertiary/aromatic N) is 1. The van der Waals surface area contributed by atoms with Crippen molar-refractivity contribution < 1.29 is 0 Å². The fourth-order valence-electron chi connectivity index (χ4n) is 2.03. The van der Waals surface area contributed by atoms with Gasteiger partial charge in [0.1, 0.15) is 5.82 Å². The number of aryl methyl sites for hydroxylation is 1. The minimum Gasteiger partial charge on any atom is -0.341 e. The van der Waals surface area contributed by atoms with Gasteiger partial charge in [-0.15, -0.1) is 0 Å². The van der Waals surface area contributed by atoms with E-state index in [0.29, 0.717) is 0 Å². The third-order valence-electron chi connectivity index (χ3n) is 3.19. The van der Waals surface area contributed by atoms with Gasteiger partial charge >= 0.3 is 0 Å². The average Bonchev–Trinajstić information content (AvgIpc) is 2.78. The normalized spacial score (nSPS) is 13.1. The third-order valence-corrected chi connectivity index (χ3v) is 3.19. The molecule has 0 spiro atoms. The zero-order valence-corrected chi connectivity index (χ0v) is 10.7. The molecule has 1 atom stereocenters. The van der Waals surface area contributed by atoms with Gasteiger partial charge in [0.2, 0.25) is 0 Å². The Labute approximate surface area is 102 Å². The molecule has 0 radical (unpaired) electrons. The topological polar surface area (TPSA) is 54.7 Å². The smallest absolute Gasteiger partial charge is 0.124 e. The second-order valence-electron chi connectivity index (χ2n) is 4.58. The van der Waals surface area contributed by atoms with Gasteiger partial charge in [0.25, 0.3) is 0 Å². The summed E-state index contributed by atoms with van der Waals surface area (Å²) >= 11 is 0. The predicted octanol–water partition coefficient (Wildman–Crippen LogP) is 3.32. The molecule has 0 aliphatic carbocycles. The van der Waals surface area contributed by atoms with E-state index in [9.17, 15) is 0 Å². The van der Waals surface area contributed by atoms with Crippen molar-refractivity contribution in [2.45, 2.75) is 45.6 Å². The Bertz CT molecular complexity index is 487. The van der Waals surface area contributed by atoms with Crippen molar-refractivity contribution in [2.75, 3.05) is 0 Å². The number of benzene rings is 1. The number of hydrogen-bond acceptors (Lipinski definition) is 2. The van der Waals surface area contributed by atoms with E-state index in [1.165, 1.54) is 12.0 Å². The summed E-state index contributed by atoms with van der Waals surface area (Å²) in [5.74, 6) is 0.918. The van der Waals surface area contributed by atoms with Crippen LogP contribution in [0.15, 0.2) is 18.2 Å². The predicted molar refractivity (Wildman–Crippen MR) is 71.9 cm³/mol. The van der Waals surface area contributed by atoms with Crippen LogP contribution in [0.1, 0.15) is 50.5 Å². The van der Waals surface area contributed by atoms with Crippen LogP contribution in [0.5, 0.6) is 0 Å². The highest BCUT2D eigenvalue weighted by molar-refractivity contribution is 5.75. The van der Waals surface area contributed by atoms with Gasteiger partial charge in [0.05, 0.1) is 17.1 Å². The summed E-state index contributed by atoms with van der Waals surface area (Å²) in [6, 6.07) is 6.40. The summed E-state index contributed by atoms with van der Waals surface area (Å²) in [7, 11) is 0. The fourth-order valence-corrected chi connectivity index (χ4v) is 2.03. The minimum atomic E-state index is 0.0347. The summed E-state index contributed by atoms with van der Waals surface area (Å²) < 4.78 is 0. The van der Waals surface area contributed by atoms with Crippen LogP contribution in [-0.4, -0.2) is 9.97 Å². The summed E-state index contributed by atoms with van der Waals surface area (Å²) in [4.78, 5) is 7.90. The maximum Gasteiger partial charge on any atom is 0.124 e. The van der Waals surface area contributed by atoms with Crippen molar-refractivity contribution in [3.8, 4) is 0 Å². The average molecular weight is 231 g/mol. The molecule has 2 rings (SSSR count). The molecule has 1 aromatic carbocycles. The molecule has 3 N–H and O–H groups in total. The number of aromatic amines is 1. The van der Waals surface area contributed by atoms with Crippen molar-refractivity contribution >= 4 is 11.0 Å². The molecule has 0 saturated carbocycles. The van der Waals surface area contributed by atoms with Crippen molar-refractivity contribution in [1.29, 1.82) is 0 Å². The minimum absolute atomic E-state index is 0.0347. The number of H-pyrrole nitrogens is 1. The quantitative estimate of drug-likeness (QED) is 0.829. The number of imidazole rings is 1. The van der Waals surface area contributed by atoms with Crippen molar-refractivity contribution in [1.82, 2.24) is 9.97 Å². The lowest BCUT2D eigenvalue weighted by Gasteiger charge is -2.06. The SMILES string of the molecule is CCCCC(N)c1nc2ccc(CC)cc2[nH]1. The molecule has 0 bridgehead atoms. The van der Waals surface area contributed by atoms with Gasteiger partial charge < -0.3 is 10.7 Å². The number of aromatic nitrogens is 2. The molecular formula is C14H21N3.